The standard InChI is InChI=1S/C19H32O3S/c1-18-10-3-5-14(18)13-7-8-16-17(23(20,21)22)6-4-11-19(16,2)15(13)9-12-18/h13-17H,3-12H2,1-2H3,(H,20,21,22)/t13-,14-,15-,16-,17?,18-,19+/m0/s1. The van der Waals surface area contributed by atoms with Crippen LogP contribution in [-0.4, -0.2) is 18.2 Å². The lowest BCUT2D eigenvalue weighted by atomic mass is 9.45. The van der Waals surface area contributed by atoms with Gasteiger partial charge in [-0.3, -0.25) is 4.55 Å². The molecule has 4 fully saturated rings. The molecule has 1 N–H and O–H groups in total. The molecule has 1 unspecified atom stereocenters. The number of fused-ring (bicyclic) bond motifs is 5. The highest BCUT2D eigenvalue weighted by molar-refractivity contribution is 7.86. The molecule has 4 aliphatic rings. The van der Waals surface area contributed by atoms with Gasteiger partial charge < -0.3 is 0 Å². The van der Waals surface area contributed by atoms with Gasteiger partial charge in [-0.1, -0.05) is 26.7 Å². The van der Waals surface area contributed by atoms with Crippen LogP contribution in [0.25, 0.3) is 0 Å². The van der Waals surface area contributed by atoms with E-state index < -0.39 is 15.4 Å². The largest absolute Gasteiger partial charge is 0.285 e. The molecule has 0 aromatic carbocycles. The molecule has 0 bridgehead atoms. The highest BCUT2D eigenvalue weighted by atomic mass is 32.2. The van der Waals surface area contributed by atoms with Gasteiger partial charge in [0.1, 0.15) is 0 Å². The summed E-state index contributed by atoms with van der Waals surface area (Å²) in [5.74, 6) is 2.53. The second-order valence-corrected chi connectivity index (χ2v) is 11.2. The lowest BCUT2D eigenvalue weighted by molar-refractivity contribution is -0.102. The van der Waals surface area contributed by atoms with Gasteiger partial charge in [-0.05, 0) is 85.9 Å². The minimum absolute atomic E-state index is 0.131. The summed E-state index contributed by atoms with van der Waals surface area (Å²) in [7, 11) is -3.90. The Morgan fingerprint density at radius 2 is 1.57 bits per heavy atom. The van der Waals surface area contributed by atoms with Gasteiger partial charge in [0.25, 0.3) is 10.1 Å². The Morgan fingerprint density at radius 1 is 0.826 bits per heavy atom. The fourth-order valence-electron chi connectivity index (χ4n) is 7.70. The summed E-state index contributed by atoms with van der Waals surface area (Å²) in [5, 5.41) is -0.501. The van der Waals surface area contributed by atoms with Gasteiger partial charge in [0.2, 0.25) is 0 Å². The van der Waals surface area contributed by atoms with Crippen LogP contribution in [0.5, 0.6) is 0 Å². The molecule has 0 amide bonds. The fourth-order valence-corrected chi connectivity index (χ4v) is 9.03. The van der Waals surface area contributed by atoms with Crippen molar-refractivity contribution in [2.45, 2.75) is 83.3 Å². The van der Waals surface area contributed by atoms with Gasteiger partial charge in [-0.2, -0.15) is 8.42 Å². The summed E-state index contributed by atoms with van der Waals surface area (Å²) in [4.78, 5) is 0. The Balaban J connectivity index is 1.67. The molecule has 0 aliphatic heterocycles. The van der Waals surface area contributed by atoms with Crippen LogP contribution >= 0.6 is 0 Å². The minimum atomic E-state index is -3.90. The van der Waals surface area contributed by atoms with Crippen molar-refractivity contribution in [2.75, 3.05) is 0 Å². The lowest BCUT2D eigenvalue weighted by Crippen LogP contribution is -2.56. The molecule has 3 nitrogen and oxygen atoms in total. The predicted octanol–water partition coefficient (Wildman–Crippen LogP) is 4.68. The molecular formula is C19H32O3S. The first kappa shape index (κ1) is 16.4. The van der Waals surface area contributed by atoms with E-state index in [1.54, 1.807) is 0 Å². The van der Waals surface area contributed by atoms with Gasteiger partial charge >= 0.3 is 0 Å². The molecule has 0 spiro atoms. The van der Waals surface area contributed by atoms with Crippen LogP contribution in [0, 0.1) is 34.5 Å². The van der Waals surface area contributed by atoms with E-state index in [-0.39, 0.29) is 11.3 Å². The second kappa shape index (κ2) is 5.20. The molecule has 132 valence electrons. The van der Waals surface area contributed by atoms with Crippen LogP contribution < -0.4 is 0 Å². The zero-order chi connectivity index (χ0) is 16.5. The number of rotatable bonds is 1. The third-order valence-corrected chi connectivity index (χ3v) is 10.1. The second-order valence-electron chi connectivity index (χ2n) is 9.60. The summed E-state index contributed by atoms with van der Waals surface area (Å²) in [6, 6.07) is 0. The van der Waals surface area contributed by atoms with Crippen molar-refractivity contribution in [1.82, 2.24) is 0 Å². The van der Waals surface area contributed by atoms with E-state index in [1.165, 1.54) is 38.5 Å². The number of hydrogen-bond donors (Lipinski definition) is 1. The fraction of sp³-hybridized carbons (Fsp3) is 1.00. The highest BCUT2D eigenvalue weighted by Crippen LogP contribution is 2.66. The maximum atomic E-state index is 11.9. The molecule has 0 heterocycles. The third kappa shape index (κ3) is 2.34. The average Bonchev–Trinajstić information content (AvgIpc) is 2.86. The van der Waals surface area contributed by atoms with Gasteiger partial charge in [-0.25, -0.2) is 0 Å². The molecule has 0 saturated heterocycles. The Kier molecular flexibility index (Phi) is 3.71. The van der Waals surface area contributed by atoms with Crippen molar-refractivity contribution in [3.63, 3.8) is 0 Å². The summed E-state index contributed by atoms with van der Waals surface area (Å²) in [6.45, 7) is 4.88. The third-order valence-electron chi connectivity index (χ3n) is 8.76. The lowest BCUT2D eigenvalue weighted by Gasteiger charge is -2.61. The van der Waals surface area contributed by atoms with Crippen molar-refractivity contribution < 1.29 is 13.0 Å². The van der Waals surface area contributed by atoms with Crippen molar-refractivity contribution in [2.24, 2.45) is 34.5 Å². The maximum absolute atomic E-state index is 11.9. The van der Waals surface area contributed by atoms with E-state index in [0.29, 0.717) is 17.8 Å². The van der Waals surface area contributed by atoms with E-state index in [9.17, 15) is 13.0 Å². The molecule has 4 rings (SSSR count). The van der Waals surface area contributed by atoms with E-state index in [0.717, 1.165) is 31.1 Å². The molecule has 0 aromatic rings. The monoisotopic (exact) mass is 340 g/mol. The quantitative estimate of drug-likeness (QED) is 0.705. The van der Waals surface area contributed by atoms with Crippen LogP contribution in [0.15, 0.2) is 0 Å². The Labute approximate surface area is 141 Å². The highest BCUT2D eigenvalue weighted by Gasteiger charge is 2.59. The van der Waals surface area contributed by atoms with Crippen LogP contribution in [-0.2, 0) is 10.1 Å². The van der Waals surface area contributed by atoms with Crippen LogP contribution in [0.1, 0.15) is 78.1 Å². The van der Waals surface area contributed by atoms with Crippen molar-refractivity contribution in [1.29, 1.82) is 0 Å². The molecule has 0 aromatic heterocycles. The van der Waals surface area contributed by atoms with Gasteiger partial charge in [0.15, 0.2) is 0 Å². The molecular weight excluding hydrogens is 308 g/mol. The van der Waals surface area contributed by atoms with Crippen molar-refractivity contribution in [3.8, 4) is 0 Å². The summed E-state index contributed by atoms with van der Waals surface area (Å²) in [6.07, 6.45) is 11.8. The summed E-state index contributed by atoms with van der Waals surface area (Å²) in [5.41, 5.74) is 0.688. The topological polar surface area (TPSA) is 54.4 Å². The van der Waals surface area contributed by atoms with Crippen molar-refractivity contribution in [3.05, 3.63) is 0 Å². The maximum Gasteiger partial charge on any atom is 0.268 e. The number of hydrogen-bond acceptors (Lipinski definition) is 2. The first-order valence-electron chi connectivity index (χ1n) is 9.72. The Morgan fingerprint density at radius 3 is 2.30 bits per heavy atom. The van der Waals surface area contributed by atoms with Crippen LogP contribution in [0.2, 0.25) is 0 Å². The molecule has 7 atom stereocenters. The molecule has 4 aliphatic carbocycles. The zero-order valence-electron chi connectivity index (χ0n) is 14.6. The zero-order valence-corrected chi connectivity index (χ0v) is 15.4. The summed E-state index contributed by atoms with van der Waals surface area (Å²) < 4.78 is 33.6. The Bertz CT molecular complexity index is 585. The van der Waals surface area contributed by atoms with Gasteiger partial charge in [0, 0.05) is 0 Å². The molecule has 4 heteroatoms. The molecule has 4 saturated carbocycles. The van der Waals surface area contributed by atoms with Gasteiger partial charge in [-0.15, -0.1) is 0 Å². The predicted molar refractivity (Wildman–Crippen MR) is 91.7 cm³/mol. The van der Waals surface area contributed by atoms with E-state index in [2.05, 4.69) is 13.8 Å². The van der Waals surface area contributed by atoms with Crippen LogP contribution in [0.3, 0.4) is 0 Å². The van der Waals surface area contributed by atoms with E-state index in [4.69, 9.17) is 0 Å². The van der Waals surface area contributed by atoms with Crippen LogP contribution in [0.4, 0.5) is 0 Å². The smallest absolute Gasteiger partial charge is 0.268 e. The Hall–Kier alpha value is -0.0900. The minimum Gasteiger partial charge on any atom is -0.285 e. The van der Waals surface area contributed by atoms with Gasteiger partial charge in [0.05, 0.1) is 5.25 Å². The van der Waals surface area contributed by atoms with E-state index in [1.807, 2.05) is 0 Å². The van der Waals surface area contributed by atoms with Crippen molar-refractivity contribution >= 4 is 10.1 Å². The summed E-state index contributed by atoms with van der Waals surface area (Å²) >= 11 is 0. The van der Waals surface area contributed by atoms with E-state index >= 15 is 0 Å². The average molecular weight is 341 g/mol. The normalized spacial score (nSPS) is 53.3. The molecule has 0 radical (unpaired) electrons. The SMILES string of the molecule is C[C@@]12CCC[C@H]1[C@@H]1CC[C@H]3C(S(=O)(=O)O)CCC[C@]3(C)[C@H]1CC2. The molecule has 23 heavy (non-hydrogen) atoms. The first-order valence-corrected chi connectivity index (χ1v) is 11.2. The first-order chi connectivity index (χ1) is 10.8.